The zero-order valence-electron chi connectivity index (χ0n) is 16.1. The third kappa shape index (κ3) is 8.42. The van der Waals surface area contributed by atoms with Crippen LogP contribution in [0.3, 0.4) is 0 Å². The van der Waals surface area contributed by atoms with E-state index in [-0.39, 0.29) is 24.0 Å². The summed E-state index contributed by atoms with van der Waals surface area (Å²) < 4.78 is 2.21. The van der Waals surface area contributed by atoms with Gasteiger partial charge in [-0.05, 0) is 31.6 Å². The Balaban J connectivity index is 0.00000312. The van der Waals surface area contributed by atoms with E-state index in [2.05, 4.69) is 41.0 Å². The predicted molar refractivity (Wildman–Crippen MR) is 116 cm³/mol. The van der Waals surface area contributed by atoms with Crippen molar-refractivity contribution in [3.63, 3.8) is 0 Å². The highest BCUT2D eigenvalue weighted by atomic mass is 127. The third-order valence-corrected chi connectivity index (χ3v) is 4.64. The molecule has 1 fully saturated rings. The lowest BCUT2D eigenvalue weighted by atomic mass is 10.0. The number of aliphatic imine (C=N–C) groups is 1. The molecule has 1 saturated carbocycles. The van der Waals surface area contributed by atoms with Crippen LogP contribution in [0.4, 0.5) is 0 Å². The number of rotatable bonds is 9. The smallest absolute Gasteiger partial charge is 0.191 e. The highest BCUT2D eigenvalue weighted by Gasteiger charge is 2.14. The second-order valence-electron chi connectivity index (χ2n) is 7.30. The van der Waals surface area contributed by atoms with Gasteiger partial charge in [-0.1, -0.05) is 39.5 Å². The second-order valence-corrected chi connectivity index (χ2v) is 7.30. The van der Waals surface area contributed by atoms with Crippen LogP contribution in [0.5, 0.6) is 0 Å². The Labute approximate surface area is 170 Å². The Morgan fingerprint density at radius 1 is 1.32 bits per heavy atom. The van der Waals surface area contributed by atoms with Gasteiger partial charge in [0.25, 0.3) is 0 Å². The number of halogens is 1. The van der Waals surface area contributed by atoms with Crippen molar-refractivity contribution in [2.75, 3.05) is 13.1 Å². The van der Waals surface area contributed by atoms with Crippen LogP contribution in [0.1, 0.15) is 65.1 Å². The quantitative estimate of drug-likeness (QED) is 0.251. The molecule has 0 saturated heterocycles. The minimum absolute atomic E-state index is 0. The Morgan fingerprint density at radius 3 is 2.76 bits per heavy atom. The van der Waals surface area contributed by atoms with Gasteiger partial charge >= 0.3 is 0 Å². The van der Waals surface area contributed by atoms with Crippen molar-refractivity contribution in [2.24, 2.45) is 16.8 Å². The largest absolute Gasteiger partial charge is 0.357 e. The minimum atomic E-state index is 0. The molecule has 2 N–H and O–H groups in total. The van der Waals surface area contributed by atoms with E-state index in [0.717, 1.165) is 37.3 Å². The lowest BCUT2D eigenvalue weighted by Gasteiger charge is -2.13. The average Bonchev–Trinajstić information content (AvgIpc) is 3.20. The van der Waals surface area contributed by atoms with Crippen LogP contribution in [0.15, 0.2) is 17.4 Å². The molecule has 1 aliphatic carbocycles. The van der Waals surface area contributed by atoms with Gasteiger partial charge in [-0.3, -0.25) is 0 Å². The van der Waals surface area contributed by atoms with Crippen LogP contribution >= 0.6 is 24.0 Å². The Morgan fingerprint density at radius 2 is 2.08 bits per heavy atom. The Kier molecular flexibility index (Phi) is 11.2. The van der Waals surface area contributed by atoms with Gasteiger partial charge in [0.2, 0.25) is 0 Å². The van der Waals surface area contributed by atoms with Crippen LogP contribution in [0.25, 0.3) is 0 Å². The summed E-state index contributed by atoms with van der Waals surface area (Å²) in [5.74, 6) is 3.52. The summed E-state index contributed by atoms with van der Waals surface area (Å²) in [7, 11) is 0. The molecule has 0 atom stereocenters. The molecule has 1 aromatic heterocycles. The monoisotopic (exact) mass is 461 g/mol. The molecule has 144 valence electrons. The highest BCUT2D eigenvalue weighted by molar-refractivity contribution is 14.0. The van der Waals surface area contributed by atoms with Crippen LogP contribution in [-0.4, -0.2) is 28.6 Å². The third-order valence-electron chi connectivity index (χ3n) is 4.64. The highest BCUT2D eigenvalue weighted by Crippen LogP contribution is 2.28. The van der Waals surface area contributed by atoms with E-state index in [1.807, 2.05) is 12.4 Å². The van der Waals surface area contributed by atoms with E-state index in [1.165, 1.54) is 38.5 Å². The molecule has 0 radical (unpaired) electrons. The normalized spacial score (nSPS) is 15.4. The van der Waals surface area contributed by atoms with E-state index in [9.17, 15) is 0 Å². The molecular weight excluding hydrogens is 425 g/mol. The van der Waals surface area contributed by atoms with Crippen molar-refractivity contribution in [3.05, 3.63) is 18.2 Å². The van der Waals surface area contributed by atoms with Crippen LogP contribution in [-0.2, 0) is 13.1 Å². The lowest BCUT2D eigenvalue weighted by Crippen LogP contribution is -2.37. The van der Waals surface area contributed by atoms with Crippen molar-refractivity contribution in [1.82, 2.24) is 20.2 Å². The molecule has 5 nitrogen and oxygen atoms in total. The molecule has 0 spiro atoms. The molecule has 0 unspecified atom stereocenters. The van der Waals surface area contributed by atoms with Gasteiger partial charge in [-0.2, -0.15) is 0 Å². The molecule has 6 heteroatoms. The first-order valence-electron chi connectivity index (χ1n) is 9.71. The number of guanidine groups is 1. The molecule has 2 rings (SSSR count). The fourth-order valence-electron chi connectivity index (χ4n) is 3.44. The molecule has 0 bridgehead atoms. The number of imidazole rings is 1. The molecule has 0 aliphatic heterocycles. The summed E-state index contributed by atoms with van der Waals surface area (Å²) in [6.07, 6.45) is 12.3. The molecule has 0 aromatic carbocycles. The SMILES string of the molecule is CCNC(=NCc1nccn1CC(C)C)NCCCC1CCCC1.I. The van der Waals surface area contributed by atoms with E-state index >= 15 is 0 Å². The maximum atomic E-state index is 4.70. The first kappa shape index (κ1) is 22.3. The number of aromatic nitrogens is 2. The van der Waals surface area contributed by atoms with Crippen molar-refractivity contribution in [2.45, 2.75) is 72.4 Å². The summed E-state index contributed by atoms with van der Waals surface area (Å²) in [6.45, 7) is 10.1. The van der Waals surface area contributed by atoms with Crippen LogP contribution in [0.2, 0.25) is 0 Å². The van der Waals surface area contributed by atoms with E-state index in [0.29, 0.717) is 12.5 Å². The van der Waals surface area contributed by atoms with E-state index in [4.69, 9.17) is 4.99 Å². The van der Waals surface area contributed by atoms with Crippen molar-refractivity contribution in [1.29, 1.82) is 0 Å². The standard InChI is InChI=1S/C19H35N5.HI/c1-4-20-19(22-11-7-10-17-8-5-6-9-17)23-14-18-21-12-13-24(18)15-16(2)3;/h12-13,16-17H,4-11,14-15H2,1-3H3,(H2,20,22,23);1H. The van der Waals surface area contributed by atoms with Crippen LogP contribution < -0.4 is 10.6 Å². The maximum Gasteiger partial charge on any atom is 0.191 e. The second kappa shape index (κ2) is 12.5. The average molecular weight is 461 g/mol. The number of hydrogen-bond acceptors (Lipinski definition) is 2. The fraction of sp³-hybridized carbons (Fsp3) is 0.789. The Bertz CT molecular complexity index is 492. The van der Waals surface area contributed by atoms with Gasteiger partial charge in [0.05, 0.1) is 0 Å². The molecule has 0 amide bonds. The first-order chi connectivity index (χ1) is 11.7. The van der Waals surface area contributed by atoms with Gasteiger partial charge in [-0.15, -0.1) is 24.0 Å². The summed E-state index contributed by atoms with van der Waals surface area (Å²) in [4.78, 5) is 9.15. The molecule has 1 heterocycles. The number of nitrogens with one attached hydrogen (secondary N) is 2. The summed E-state index contributed by atoms with van der Waals surface area (Å²) >= 11 is 0. The van der Waals surface area contributed by atoms with Gasteiger partial charge < -0.3 is 15.2 Å². The van der Waals surface area contributed by atoms with Crippen molar-refractivity contribution < 1.29 is 0 Å². The zero-order valence-corrected chi connectivity index (χ0v) is 18.5. The fourth-order valence-corrected chi connectivity index (χ4v) is 3.44. The summed E-state index contributed by atoms with van der Waals surface area (Å²) in [5, 5.41) is 6.80. The van der Waals surface area contributed by atoms with Gasteiger partial charge in [0, 0.05) is 32.0 Å². The molecule has 25 heavy (non-hydrogen) atoms. The van der Waals surface area contributed by atoms with E-state index < -0.39 is 0 Å². The van der Waals surface area contributed by atoms with Gasteiger partial charge in [0.15, 0.2) is 5.96 Å². The summed E-state index contributed by atoms with van der Waals surface area (Å²) in [5.41, 5.74) is 0. The first-order valence-corrected chi connectivity index (χ1v) is 9.71. The zero-order chi connectivity index (χ0) is 17.2. The lowest BCUT2D eigenvalue weighted by molar-refractivity contribution is 0.481. The van der Waals surface area contributed by atoms with Gasteiger partial charge in [-0.25, -0.2) is 9.98 Å². The van der Waals surface area contributed by atoms with Crippen molar-refractivity contribution >= 4 is 29.9 Å². The van der Waals surface area contributed by atoms with E-state index in [1.54, 1.807) is 0 Å². The Hall–Kier alpha value is -0.790. The van der Waals surface area contributed by atoms with Crippen molar-refractivity contribution in [3.8, 4) is 0 Å². The summed E-state index contributed by atoms with van der Waals surface area (Å²) in [6, 6.07) is 0. The van der Waals surface area contributed by atoms with Crippen LogP contribution in [0, 0.1) is 11.8 Å². The predicted octanol–water partition coefficient (Wildman–Crippen LogP) is 4.18. The minimum Gasteiger partial charge on any atom is -0.357 e. The van der Waals surface area contributed by atoms with Gasteiger partial charge in [0.1, 0.15) is 12.4 Å². The molecule has 1 aromatic rings. The molecular formula is C19H36IN5. The topological polar surface area (TPSA) is 54.2 Å². The number of hydrogen-bond donors (Lipinski definition) is 2. The maximum absolute atomic E-state index is 4.70. The number of nitrogens with zero attached hydrogens (tertiary/aromatic N) is 3. The molecule has 1 aliphatic rings.